The van der Waals surface area contributed by atoms with E-state index in [0.717, 1.165) is 32.6 Å². The topological polar surface area (TPSA) is 44.4 Å². The van der Waals surface area contributed by atoms with E-state index in [1.54, 1.807) is 6.92 Å². The van der Waals surface area contributed by atoms with E-state index in [1.807, 2.05) is 0 Å². The summed E-state index contributed by atoms with van der Waals surface area (Å²) in [5.74, 6) is 0.0910. The lowest BCUT2D eigenvalue weighted by molar-refractivity contribution is -0.119. The van der Waals surface area contributed by atoms with E-state index in [0.29, 0.717) is 12.1 Å². The maximum Gasteiger partial charge on any atom is 0.217 e. The molecule has 1 fully saturated rings. The second-order valence-electron chi connectivity index (χ2n) is 4.95. The van der Waals surface area contributed by atoms with Crippen molar-refractivity contribution in [1.29, 1.82) is 0 Å². The van der Waals surface area contributed by atoms with Crippen LogP contribution in [0.3, 0.4) is 0 Å². The first-order valence-corrected chi connectivity index (χ1v) is 6.30. The maximum atomic E-state index is 10.9. The summed E-state index contributed by atoms with van der Waals surface area (Å²) in [5, 5.41) is 6.40. The van der Waals surface area contributed by atoms with Gasteiger partial charge in [-0.15, -0.1) is 0 Å². The van der Waals surface area contributed by atoms with Crippen molar-refractivity contribution in [2.75, 3.05) is 26.2 Å². The molecule has 4 nitrogen and oxygen atoms in total. The predicted molar refractivity (Wildman–Crippen MR) is 66.4 cm³/mol. The normalized spacial score (nSPS) is 21.6. The Kier molecular flexibility index (Phi) is 5.77. The van der Waals surface area contributed by atoms with Gasteiger partial charge in [0.1, 0.15) is 0 Å². The molecule has 1 aliphatic rings. The van der Waals surface area contributed by atoms with Gasteiger partial charge in [0.2, 0.25) is 5.91 Å². The highest BCUT2D eigenvalue weighted by molar-refractivity contribution is 5.73. The van der Waals surface area contributed by atoms with Crippen molar-refractivity contribution in [1.82, 2.24) is 15.5 Å². The fourth-order valence-corrected chi connectivity index (χ4v) is 2.13. The van der Waals surface area contributed by atoms with Gasteiger partial charge in [0.05, 0.1) is 0 Å². The second kappa shape index (κ2) is 6.86. The minimum absolute atomic E-state index is 0.0910. The summed E-state index contributed by atoms with van der Waals surface area (Å²) in [7, 11) is 0. The van der Waals surface area contributed by atoms with Crippen LogP contribution in [0, 0.1) is 0 Å². The fraction of sp³-hybridized carbons (Fsp3) is 0.917. The van der Waals surface area contributed by atoms with Crippen LogP contribution in [-0.4, -0.2) is 49.1 Å². The van der Waals surface area contributed by atoms with Crippen molar-refractivity contribution >= 4 is 5.91 Å². The van der Waals surface area contributed by atoms with E-state index in [9.17, 15) is 4.79 Å². The number of likely N-dealkylation sites (tertiary alicyclic amines) is 1. The van der Waals surface area contributed by atoms with Crippen LogP contribution in [0.5, 0.6) is 0 Å². The molecule has 1 heterocycles. The van der Waals surface area contributed by atoms with Crippen LogP contribution in [0.4, 0.5) is 0 Å². The molecule has 2 N–H and O–H groups in total. The summed E-state index contributed by atoms with van der Waals surface area (Å²) in [4.78, 5) is 13.3. The Morgan fingerprint density at radius 3 is 2.88 bits per heavy atom. The standard InChI is InChI=1S/C12H25N3O/c1-10(2)13-6-4-7-15-8-5-12(9-15)14-11(3)16/h10,12-13H,4-9H2,1-3H3,(H,14,16). The number of amides is 1. The van der Waals surface area contributed by atoms with Crippen LogP contribution >= 0.6 is 0 Å². The Labute approximate surface area is 98.8 Å². The molecular weight excluding hydrogens is 202 g/mol. The smallest absolute Gasteiger partial charge is 0.217 e. The van der Waals surface area contributed by atoms with Crippen LogP contribution in [0.2, 0.25) is 0 Å². The molecule has 1 atom stereocenters. The van der Waals surface area contributed by atoms with Crippen molar-refractivity contribution in [3.63, 3.8) is 0 Å². The number of carbonyl (C=O) groups excluding carboxylic acids is 1. The first kappa shape index (κ1) is 13.5. The van der Waals surface area contributed by atoms with Gasteiger partial charge in [-0.3, -0.25) is 4.79 Å². The van der Waals surface area contributed by atoms with Gasteiger partial charge < -0.3 is 15.5 Å². The monoisotopic (exact) mass is 227 g/mol. The van der Waals surface area contributed by atoms with Gasteiger partial charge >= 0.3 is 0 Å². The van der Waals surface area contributed by atoms with Crippen molar-refractivity contribution in [2.45, 2.75) is 45.7 Å². The summed E-state index contributed by atoms with van der Waals surface area (Å²) in [6.45, 7) is 10.3. The third kappa shape index (κ3) is 5.47. The molecule has 0 spiro atoms. The van der Waals surface area contributed by atoms with Crippen molar-refractivity contribution < 1.29 is 4.79 Å². The first-order chi connectivity index (χ1) is 7.58. The second-order valence-corrected chi connectivity index (χ2v) is 4.95. The molecular formula is C12H25N3O. The van der Waals surface area contributed by atoms with E-state index in [1.165, 1.54) is 6.42 Å². The molecule has 4 heteroatoms. The van der Waals surface area contributed by atoms with Crippen LogP contribution in [0.25, 0.3) is 0 Å². The van der Waals surface area contributed by atoms with Crippen LogP contribution in [0.15, 0.2) is 0 Å². The van der Waals surface area contributed by atoms with E-state index in [4.69, 9.17) is 0 Å². The molecule has 0 radical (unpaired) electrons. The van der Waals surface area contributed by atoms with E-state index >= 15 is 0 Å². The Hall–Kier alpha value is -0.610. The first-order valence-electron chi connectivity index (χ1n) is 6.30. The lowest BCUT2D eigenvalue weighted by Crippen LogP contribution is -2.36. The molecule has 16 heavy (non-hydrogen) atoms. The maximum absolute atomic E-state index is 10.9. The Morgan fingerprint density at radius 2 is 2.25 bits per heavy atom. The number of hydrogen-bond donors (Lipinski definition) is 2. The minimum atomic E-state index is 0.0910. The van der Waals surface area contributed by atoms with Crippen molar-refractivity contribution in [3.8, 4) is 0 Å². The number of nitrogens with one attached hydrogen (secondary N) is 2. The molecule has 0 bridgehead atoms. The average Bonchev–Trinajstić information content (AvgIpc) is 2.59. The number of carbonyl (C=O) groups is 1. The van der Waals surface area contributed by atoms with Gasteiger partial charge in [-0.05, 0) is 25.9 Å². The summed E-state index contributed by atoms with van der Waals surface area (Å²) >= 11 is 0. The lowest BCUT2D eigenvalue weighted by atomic mass is 10.2. The molecule has 1 amide bonds. The van der Waals surface area contributed by atoms with Crippen LogP contribution in [0.1, 0.15) is 33.6 Å². The quantitative estimate of drug-likeness (QED) is 0.653. The highest BCUT2D eigenvalue weighted by Crippen LogP contribution is 2.08. The zero-order valence-electron chi connectivity index (χ0n) is 10.8. The lowest BCUT2D eigenvalue weighted by Gasteiger charge is -2.16. The summed E-state index contributed by atoms with van der Waals surface area (Å²) < 4.78 is 0. The molecule has 94 valence electrons. The van der Waals surface area contributed by atoms with Gasteiger partial charge in [-0.25, -0.2) is 0 Å². The van der Waals surface area contributed by atoms with Crippen LogP contribution < -0.4 is 10.6 Å². The number of nitrogens with zero attached hydrogens (tertiary/aromatic N) is 1. The highest BCUT2D eigenvalue weighted by atomic mass is 16.1. The molecule has 1 saturated heterocycles. The van der Waals surface area contributed by atoms with E-state index in [2.05, 4.69) is 29.4 Å². The number of hydrogen-bond acceptors (Lipinski definition) is 3. The van der Waals surface area contributed by atoms with Gasteiger partial charge in [0, 0.05) is 32.1 Å². The molecule has 0 saturated carbocycles. The molecule has 1 rings (SSSR count). The zero-order chi connectivity index (χ0) is 12.0. The van der Waals surface area contributed by atoms with Gasteiger partial charge in [0.15, 0.2) is 0 Å². The Balaban J connectivity index is 2.05. The van der Waals surface area contributed by atoms with Gasteiger partial charge in [0.25, 0.3) is 0 Å². The van der Waals surface area contributed by atoms with Crippen molar-refractivity contribution in [3.05, 3.63) is 0 Å². The third-order valence-electron chi connectivity index (χ3n) is 2.88. The third-order valence-corrected chi connectivity index (χ3v) is 2.88. The highest BCUT2D eigenvalue weighted by Gasteiger charge is 2.21. The average molecular weight is 227 g/mol. The molecule has 1 unspecified atom stereocenters. The molecule has 0 aromatic rings. The Morgan fingerprint density at radius 1 is 1.50 bits per heavy atom. The van der Waals surface area contributed by atoms with Gasteiger partial charge in [-0.2, -0.15) is 0 Å². The summed E-state index contributed by atoms with van der Waals surface area (Å²) in [6.07, 6.45) is 2.28. The molecule has 1 aliphatic heterocycles. The Bertz CT molecular complexity index is 218. The SMILES string of the molecule is CC(=O)NC1CCN(CCCNC(C)C)C1. The largest absolute Gasteiger partial charge is 0.352 e. The minimum Gasteiger partial charge on any atom is -0.352 e. The van der Waals surface area contributed by atoms with Crippen LogP contribution in [-0.2, 0) is 4.79 Å². The van der Waals surface area contributed by atoms with Gasteiger partial charge in [-0.1, -0.05) is 13.8 Å². The molecule has 0 aromatic carbocycles. The fourth-order valence-electron chi connectivity index (χ4n) is 2.13. The molecule has 0 aliphatic carbocycles. The molecule has 0 aromatic heterocycles. The zero-order valence-corrected chi connectivity index (χ0v) is 10.8. The predicted octanol–water partition coefficient (Wildman–Crippen LogP) is 0.585. The van der Waals surface area contributed by atoms with Crippen molar-refractivity contribution in [2.24, 2.45) is 0 Å². The summed E-state index contributed by atoms with van der Waals surface area (Å²) in [5.41, 5.74) is 0. The summed E-state index contributed by atoms with van der Waals surface area (Å²) in [6, 6.07) is 0.946. The number of rotatable bonds is 6. The van der Waals surface area contributed by atoms with E-state index < -0.39 is 0 Å². The van der Waals surface area contributed by atoms with E-state index in [-0.39, 0.29) is 5.91 Å².